The number of ether oxygens (including phenoxy) is 1. The standard InChI is InChI=1S/C14H23N3O2/c1-4-7-17-11(2)13(9-15-17)14(18)16-8-5-6-12(16)10-19-3/h9,12H,4-8,10H2,1-3H3/t12-/m0/s1. The van der Waals surface area contributed by atoms with E-state index in [1.165, 1.54) is 0 Å². The number of carbonyl (C=O) groups is 1. The third kappa shape index (κ3) is 2.81. The number of methoxy groups -OCH3 is 1. The number of nitrogens with zero attached hydrogens (tertiary/aromatic N) is 3. The van der Waals surface area contributed by atoms with Crippen molar-refractivity contribution in [3.8, 4) is 0 Å². The van der Waals surface area contributed by atoms with Crippen LogP contribution in [0, 0.1) is 6.92 Å². The SMILES string of the molecule is CCCn1ncc(C(=O)N2CCC[C@H]2COC)c1C. The number of aryl methyl sites for hydroxylation is 1. The Morgan fingerprint density at radius 1 is 1.58 bits per heavy atom. The minimum atomic E-state index is 0.0967. The zero-order valence-corrected chi connectivity index (χ0v) is 12.1. The summed E-state index contributed by atoms with van der Waals surface area (Å²) in [6.45, 7) is 6.38. The van der Waals surface area contributed by atoms with Gasteiger partial charge in [-0.3, -0.25) is 9.48 Å². The molecule has 106 valence electrons. The van der Waals surface area contributed by atoms with Crippen LogP contribution in [0.15, 0.2) is 6.20 Å². The maximum absolute atomic E-state index is 12.6. The third-order valence-corrected chi connectivity index (χ3v) is 3.77. The van der Waals surface area contributed by atoms with Gasteiger partial charge in [-0.2, -0.15) is 5.10 Å². The molecule has 0 radical (unpaired) electrons. The third-order valence-electron chi connectivity index (χ3n) is 3.77. The predicted octanol–water partition coefficient (Wildman–Crippen LogP) is 1.85. The molecule has 2 heterocycles. The van der Waals surface area contributed by atoms with Crippen molar-refractivity contribution in [2.45, 2.75) is 45.7 Å². The van der Waals surface area contributed by atoms with Crippen LogP contribution in [-0.2, 0) is 11.3 Å². The van der Waals surface area contributed by atoms with Crippen molar-refractivity contribution in [2.75, 3.05) is 20.3 Å². The molecular formula is C14H23N3O2. The van der Waals surface area contributed by atoms with Gasteiger partial charge in [0.2, 0.25) is 0 Å². The topological polar surface area (TPSA) is 47.4 Å². The van der Waals surface area contributed by atoms with Crippen molar-refractivity contribution in [1.29, 1.82) is 0 Å². The van der Waals surface area contributed by atoms with Crippen LogP contribution < -0.4 is 0 Å². The monoisotopic (exact) mass is 265 g/mol. The summed E-state index contributed by atoms with van der Waals surface area (Å²) >= 11 is 0. The van der Waals surface area contributed by atoms with Crippen LogP contribution in [0.1, 0.15) is 42.2 Å². The second kappa shape index (κ2) is 6.19. The largest absolute Gasteiger partial charge is 0.383 e. The maximum Gasteiger partial charge on any atom is 0.257 e. The Labute approximate surface area is 114 Å². The molecule has 1 aliphatic heterocycles. The molecule has 0 unspecified atom stereocenters. The minimum Gasteiger partial charge on any atom is -0.383 e. The van der Waals surface area contributed by atoms with Crippen molar-refractivity contribution >= 4 is 5.91 Å². The van der Waals surface area contributed by atoms with Gasteiger partial charge in [0.15, 0.2) is 0 Å². The summed E-state index contributed by atoms with van der Waals surface area (Å²) in [5.74, 6) is 0.0967. The number of amides is 1. The van der Waals surface area contributed by atoms with Crippen LogP contribution in [0.5, 0.6) is 0 Å². The summed E-state index contributed by atoms with van der Waals surface area (Å²) in [6.07, 6.45) is 4.81. The molecule has 1 atom stereocenters. The van der Waals surface area contributed by atoms with Crippen LogP contribution in [0.25, 0.3) is 0 Å². The zero-order valence-electron chi connectivity index (χ0n) is 12.1. The van der Waals surface area contributed by atoms with Gasteiger partial charge in [0.05, 0.1) is 24.4 Å². The number of hydrogen-bond donors (Lipinski definition) is 0. The lowest BCUT2D eigenvalue weighted by molar-refractivity contribution is 0.0630. The smallest absolute Gasteiger partial charge is 0.257 e. The lowest BCUT2D eigenvalue weighted by Gasteiger charge is -2.23. The van der Waals surface area contributed by atoms with E-state index in [1.54, 1.807) is 13.3 Å². The fraction of sp³-hybridized carbons (Fsp3) is 0.714. The highest BCUT2D eigenvalue weighted by Gasteiger charge is 2.30. The van der Waals surface area contributed by atoms with E-state index < -0.39 is 0 Å². The van der Waals surface area contributed by atoms with Gasteiger partial charge in [0, 0.05) is 25.9 Å². The molecule has 19 heavy (non-hydrogen) atoms. The molecule has 0 saturated carbocycles. The van der Waals surface area contributed by atoms with E-state index >= 15 is 0 Å². The first-order chi connectivity index (χ1) is 9.19. The van der Waals surface area contributed by atoms with Gasteiger partial charge in [0.1, 0.15) is 0 Å². The van der Waals surface area contributed by atoms with Crippen molar-refractivity contribution in [3.63, 3.8) is 0 Å². The van der Waals surface area contributed by atoms with Crippen LogP contribution >= 0.6 is 0 Å². The Morgan fingerprint density at radius 2 is 2.37 bits per heavy atom. The van der Waals surface area contributed by atoms with Gasteiger partial charge in [-0.25, -0.2) is 0 Å². The van der Waals surface area contributed by atoms with Gasteiger partial charge in [-0.05, 0) is 26.2 Å². The van der Waals surface area contributed by atoms with Crippen LogP contribution in [0.4, 0.5) is 0 Å². The fourth-order valence-corrected chi connectivity index (χ4v) is 2.72. The molecule has 5 nitrogen and oxygen atoms in total. The lowest BCUT2D eigenvalue weighted by atomic mass is 10.2. The van der Waals surface area contributed by atoms with Gasteiger partial charge in [0.25, 0.3) is 5.91 Å². The summed E-state index contributed by atoms with van der Waals surface area (Å²) in [5.41, 5.74) is 1.70. The Balaban J connectivity index is 2.15. The molecule has 1 aromatic heterocycles. The molecule has 0 N–H and O–H groups in total. The highest BCUT2D eigenvalue weighted by molar-refractivity contribution is 5.95. The Kier molecular flexibility index (Phi) is 4.58. The fourth-order valence-electron chi connectivity index (χ4n) is 2.72. The molecule has 1 aromatic rings. The summed E-state index contributed by atoms with van der Waals surface area (Å²) < 4.78 is 7.11. The Hall–Kier alpha value is -1.36. The van der Waals surface area contributed by atoms with Gasteiger partial charge in [-0.1, -0.05) is 6.92 Å². The Bertz CT molecular complexity index is 442. The average Bonchev–Trinajstić information content (AvgIpc) is 2.98. The molecular weight excluding hydrogens is 242 g/mol. The van der Waals surface area contributed by atoms with E-state index in [9.17, 15) is 4.79 Å². The van der Waals surface area contributed by atoms with Gasteiger partial charge >= 0.3 is 0 Å². The summed E-state index contributed by atoms with van der Waals surface area (Å²) in [4.78, 5) is 14.5. The van der Waals surface area contributed by atoms with E-state index in [-0.39, 0.29) is 11.9 Å². The van der Waals surface area contributed by atoms with E-state index in [0.717, 1.165) is 43.6 Å². The van der Waals surface area contributed by atoms with Crippen LogP contribution in [0.2, 0.25) is 0 Å². The highest BCUT2D eigenvalue weighted by atomic mass is 16.5. The number of carbonyl (C=O) groups excluding carboxylic acids is 1. The summed E-state index contributed by atoms with van der Waals surface area (Å²) in [5, 5.41) is 4.31. The first-order valence-corrected chi connectivity index (χ1v) is 7.01. The molecule has 0 aromatic carbocycles. The van der Waals surface area contributed by atoms with E-state index in [4.69, 9.17) is 4.74 Å². The van der Waals surface area contributed by atoms with Crippen molar-refractivity contribution in [1.82, 2.24) is 14.7 Å². The van der Waals surface area contributed by atoms with Crippen LogP contribution in [0.3, 0.4) is 0 Å². The first kappa shape index (κ1) is 14.1. The lowest BCUT2D eigenvalue weighted by Crippen LogP contribution is -2.38. The molecule has 0 spiro atoms. The molecule has 1 fully saturated rings. The second-order valence-corrected chi connectivity index (χ2v) is 5.12. The minimum absolute atomic E-state index is 0.0967. The maximum atomic E-state index is 12.6. The Morgan fingerprint density at radius 3 is 3.05 bits per heavy atom. The molecule has 2 rings (SSSR count). The second-order valence-electron chi connectivity index (χ2n) is 5.12. The van der Waals surface area contributed by atoms with Crippen molar-refractivity contribution in [3.05, 3.63) is 17.5 Å². The van der Waals surface area contributed by atoms with Crippen molar-refractivity contribution < 1.29 is 9.53 Å². The van der Waals surface area contributed by atoms with Crippen molar-refractivity contribution in [2.24, 2.45) is 0 Å². The van der Waals surface area contributed by atoms with E-state index in [0.29, 0.717) is 6.61 Å². The van der Waals surface area contributed by atoms with Gasteiger partial charge < -0.3 is 9.64 Å². The number of aromatic nitrogens is 2. The number of hydrogen-bond acceptors (Lipinski definition) is 3. The predicted molar refractivity (Wildman–Crippen MR) is 73.2 cm³/mol. The first-order valence-electron chi connectivity index (χ1n) is 7.01. The summed E-state index contributed by atoms with van der Waals surface area (Å²) in [6, 6.07) is 0.214. The molecule has 1 aliphatic rings. The quantitative estimate of drug-likeness (QED) is 0.816. The average molecular weight is 265 g/mol. The van der Waals surface area contributed by atoms with E-state index in [2.05, 4.69) is 12.0 Å². The normalized spacial score (nSPS) is 19.1. The molecule has 0 aliphatic carbocycles. The van der Waals surface area contributed by atoms with Gasteiger partial charge in [-0.15, -0.1) is 0 Å². The zero-order chi connectivity index (χ0) is 13.8. The van der Waals surface area contributed by atoms with E-state index in [1.807, 2.05) is 16.5 Å². The molecule has 1 amide bonds. The summed E-state index contributed by atoms with van der Waals surface area (Å²) in [7, 11) is 1.69. The number of likely N-dealkylation sites (tertiary alicyclic amines) is 1. The number of rotatable bonds is 5. The molecule has 5 heteroatoms. The molecule has 1 saturated heterocycles. The highest BCUT2D eigenvalue weighted by Crippen LogP contribution is 2.21. The van der Waals surface area contributed by atoms with Crippen LogP contribution in [-0.4, -0.2) is 46.9 Å². The molecule has 0 bridgehead atoms.